The largest absolute Gasteiger partial charge is 0.491 e. The standard InChI is InChI=1S/C25H25FO3/c1-17-3-11-21(12-4-17)27-16-25-24(28-22-13-5-18(2)6-14-22)15-23(29-25)19-7-9-20(26)10-8-19/h3-14,23-25H,15-16H2,1-2H3/t23-,24-,25+/m0/s1. The maximum atomic E-state index is 13.3. The first-order valence-electron chi connectivity index (χ1n) is 9.90. The van der Waals surface area contributed by atoms with Gasteiger partial charge in [-0.15, -0.1) is 0 Å². The summed E-state index contributed by atoms with van der Waals surface area (Å²) in [4.78, 5) is 0. The van der Waals surface area contributed by atoms with E-state index in [1.54, 1.807) is 12.1 Å². The highest BCUT2D eigenvalue weighted by atomic mass is 19.1. The average Bonchev–Trinajstić information content (AvgIpc) is 3.12. The molecule has 3 aromatic rings. The molecule has 1 heterocycles. The summed E-state index contributed by atoms with van der Waals surface area (Å²) >= 11 is 0. The van der Waals surface area contributed by atoms with Crippen LogP contribution in [0, 0.1) is 19.7 Å². The maximum absolute atomic E-state index is 13.3. The summed E-state index contributed by atoms with van der Waals surface area (Å²) < 4.78 is 31.8. The summed E-state index contributed by atoms with van der Waals surface area (Å²) in [6, 6.07) is 22.4. The molecular formula is C25H25FO3. The van der Waals surface area contributed by atoms with E-state index < -0.39 is 0 Å². The molecule has 0 bridgehead atoms. The van der Waals surface area contributed by atoms with Crippen molar-refractivity contribution >= 4 is 0 Å². The van der Waals surface area contributed by atoms with Crippen molar-refractivity contribution in [2.45, 2.75) is 38.6 Å². The van der Waals surface area contributed by atoms with E-state index in [4.69, 9.17) is 14.2 Å². The summed E-state index contributed by atoms with van der Waals surface area (Å²) in [5, 5.41) is 0. The Morgan fingerprint density at radius 1 is 0.828 bits per heavy atom. The second-order valence-electron chi connectivity index (χ2n) is 7.54. The fraction of sp³-hybridized carbons (Fsp3) is 0.280. The molecule has 0 aliphatic carbocycles. The normalized spacial score (nSPS) is 21.1. The maximum Gasteiger partial charge on any atom is 0.131 e. The van der Waals surface area contributed by atoms with Crippen molar-refractivity contribution < 1.29 is 18.6 Å². The van der Waals surface area contributed by atoms with Gasteiger partial charge in [-0.2, -0.15) is 0 Å². The number of halogens is 1. The topological polar surface area (TPSA) is 27.7 Å². The van der Waals surface area contributed by atoms with Gasteiger partial charge in [0.15, 0.2) is 0 Å². The lowest BCUT2D eigenvalue weighted by molar-refractivity contribution is -0.0107. The molecule has 0 radical (unpaired) electrons. The Labute approximate surface area is 171 Å². The molecule has 1 aliphatic rings. The van der Waals surface area contributed by atoms with Crippen LogP contribution in [0.25, 0.3) is 0 Å². The lowest BCUT2D eigenvalue weighted by atomic mass is 10.0. The van der Waals surface area contributed by atoms with Crippen molar-refractivity contribution in [2.24, 2.45) is 0 Å². The number of hydrogen-bond acceptors (Lipinski definition) is 3. The summed E-state index contributed by atoms with van der Waals surface area (Å²) in [5.41, 5.74) is 3.32. The molecule has 0 saturated carbocycles. The fourth-order valence-electron chi connectivity index (χ4n) is 3.48. The van der Waals surface area contributed by atoms with Crippen LogP contribution in [0.1, 0.15) is 29.2 Å². The van der Waals surface area contributed by atoms with Crippen molar-refractivity contribution in [3.8, 4) is 11.5 Å². The van der Waals surface area contributed by atoms with Gasteiger partial charge in [-0.25, -0.2) is 4.39 Å². The van der Waals surface area contributed by atoms with Crippen LogP contribution in [-0.4, -0.2) is 18.8 Å². The molecule has 0 amide bonds. The van der Waals surface area contributed by atoms with E-state index in [2.05, 4.69) is 0 Å². The highest BCUT2D eigenvalue weighted by Gasteiger charge is 2.38. The predicted molar refractivity (Wildman–Crippen MR) is 111 cm³/mol. The van der Waals surface area contributed by atoms with Crippen LogP contribution in [0.15, 0.2) is 72.8 Å². The third kappa shape index (κ3) is 4.96. The minimum Gasteiger partial charge on any atom is -0.491 e. The summed E-state index contributed by atoms with van der Waals surface area (Å²) in [7, 11) is 0. The first kappa shape index (κ1) is 19.5. The molecule has 3 aromatic carbocycles. The van der Waals surface area contributed by atoms with E-state index >= 15 is 0 Å². The molecule has 0 aromatic heterocycles. The van der Waals surface area contributed by atoms with Crippen LogP contribution < -0.4 is 9.47 Å². The third-order valence-corrected chi connectivity index (χ3v) is 5.19. The summed E-state index contributed by atoms with van der Waals surface area (Å²) in [6.07, 6.45) is 0.144. The Balaban J connectivity index is 1.48. The zero-order chi connectivity index (χ0) is 20.2. The minimum atomic E-state index is -0.251. The van der Waals surface area contributed by atoms with Crippen molar-refractivity contribution in [2.75, 3.05) is 6.61 Å². The molecular weight excluding hydrogens is 367 g/mol. The van der Waals surface area contributed by atoms with E-state index in [0.29, 0.717) is 13.0 Å². The minimum absolute atomic E-state index is 0.154. The van der Waals surface area contributed by atoms with Crippen molar-refractivity contribution in [3.63, 3.8) is 0 Å². The van der Waals surface area contributed by atoms with E-state index in [0.717, 1.165) is 17.1 Å². The van der Waals surface area contributed by atoms with Gasteiger partial charge >= 0.3 is 0 Å². The molecule has 0 unspecified atom stereocenters. The third-order valence-electron chi connectivity index (χ3n) is 5.19. The molecule has 4 rings (SSSR count). The van der Waals surface area contributed by atoms with Gasteiger partial charge in [-0.05, 0) is 55.8 Å². The first-order chi connectivity index (χ1) is 14.1. The molecule has 1 saturated heterocycles. The van der Waals surface area contributed by atoms with Crippen LogP contribution in [0.2, 0.25) is 0 Å². The van der Waals surface area contributed by atoms with E-state index in [1.807, 2.05) is 62.4 Å². The van der Waals surface area contributed by atoms with E-state index in [1.165, 1.54) is 23.3 Å². The van der Waals surface area contributed by atoms with Crippen LogP contribution >= 0.6 is 0 Å². The van der Waals surface area contributed by atoms with Gasteiger partial charge in [0.05, 0.1) is 6.10 Å². The Hall–Kier alpha value is -2.85. The number of ether oxygens (including phenoxy) is 3. The summed E-state index contributed by atoms with van der Waals surface area (Å²) in [6.45, 7) is 4.48. The zero-order valence-electron chi connectivity index (χ0n) is 16.7. The lowest BCUT2D eigenvalue weighted by Gasteiger charge is -2.20. The van der Waals surface area contributed by atoms with Crippen LogP contribution in [0.4, 0.5) is 4.39 Å². The Morgan fingerprint density at radius 3 is 2.03 bits per heavy atom. The molecule has 3 nitrogen and oxygen atoms in total. The van der Waals surface area contributed by atoms with Gasteiger partial charge in [0.1, 0.15) is 36.1 Å². The van der Waals surface area contributed by atoms with Crippen LogP contribution in [-0.2, 0) is 4.74 Å². The second-order valence-corrected chi connectivity index (χ2v) is 7.54. The van der Waals surface area contributed by atoms with Crippen LogP contribution in [0.5, 0.6) is 11.5 Å². The predicted octanol–water partition coefficient (Wildman–Crippen LogP) is 5.80. The molecule has 4 heteroatoms. The number of aryl methyl sites for hydroxylation is 2. The van der Waals surface area contributed by atoms with Crippen molar-refractivity contribution in [1.29, 1.82) is 0 Å². The smallest absolute Gasteiger partial charge is 0.131 e. The Bertz CT molecular complexity index is 920. The molecule has 0 N–H and O–H groups in total. The lowest BCUT2D eigenvalue weighted by Crippen LogP contribution is -2.32. The van der Waals surface area contributed by atoms with Crippen molar-refractivity contribution in [1.82, 2.24) is 0 Å². The Morgan fingerprint density at radius 2 is 1.41 bits per heavy atom. The summed E-state index contributed by atoms with van der Waals surface area (Å²) in [5.74, 6) is 1.36. The number of rotatable bonds is 6. The quantitative estimate of drug-likeness (QED) is 0.531. The van der Waals surface area contributed by atoms with Crippen LogP contribution in [0.3, 0.4) is 0 Å². The van der Waals surface area contributed by atoms with Gasteiger partial charge in [0.2, 0.25) is 0 Å². The van der Waals surface area contributed by atoms with Crippen molar-refractivity contribution in [3.05, 3.63) is 95.3 Å². The number of benzene rings is 3. The molecule has 1 fully saturated rings. The Kier molecular flexibility index (Phi) is 5.81. The molecule has 0 spiro atoms. The fourth-order valence-corrected chi connectivity index (χ4v) is 3.48. The zero-order valence-corrected chi connectivity index (χ0v) is 16.7. The average molecular weight is 392 g/mol. The highest BCUT2D eigenvalue weighted by molar-refractivity contribution is 5.28. The van der Waals surface area contributed by atoms with Gasteiger partial charge in [0.25, 0.3) is 0 Å². The van der Waals surface area contributed by atoms with E-state index in [-0.39, 0.29) is 24.1 Å². The number of hydrogen-bond donors (Lipinski definition) is 0. The van der Waals surface area contributed by atoms with Gasteiger partial charge in [0, 0.05) is 6.42 Å². The molecule has 150 valence electrons. The molecule has 1 aliphatic heterocycles. The second kappa shape index (κ2) is 8.66. The SMILES string of the molecule is Cc1ccc(OC[C@H]2O[C@H](c3ccc(F)cc3)C[C@@H]2Oc2ccc(C)cc2)cc1. The van der Waals surface area contributed by atoms with Gasteiger partial charge in [-0.1, -0.05) is 47.5 Å². The highest BCUT2D eigenvalue weighted by Crippen LogP contribution is 2.36. The molecule has 3 atom stereocenters. The first-order valence-corrected chi connectivity index (χ1v) is 9.90. The van der Waals surface area contributed by atoms with Gasteiger partial charge < -0.3 is 14.2 Å². The van der Waals surface area contributed by atoms with E-state index in [9.17, 15) is 4.39 Å². The van der Waals surface area contributed by atoms with Gasteiger partial charge in [-0.3, -0.25) is 0 Å². The monoisotopic (exact) mass is 392 g/mol. The molecule has 29 heavy (non-hydrogen) atoms.